The van der Waals surface area contributed by atoms with Gasteiger partial charge in [0.25, 0.3) is 0 Å². The molecule has 0 bridgehead atoms. The van der Waals surface area contributed by atoms with Crippen LogP contribution in [0.15, 0.2) is 21.3 Å². The molecular formula is C13H18O5. The summed E-state index contributed by atoms with van der Waals surface area (Å²) in [5.41, 5.74) is -0.596. The molecule has 0 saturated carbocycles. The van der Waals surface area contributed by atoms with Gasteiger partial charge in [0, 0.05) is 12.5 Å². The van der Waals surface area contributed by atoms with E-state index in [9.17, 15) is 9.59 Å². The lowest BCUT2D eigenvalue weighted by Gasteiger charge is -2.04. The zero-order valence-corrected chi connectivity index (χ0v) is 10.6. The normalized spacial score (nSPS) is 12.2. The standard InChI is InChI=1S/C13H18O5/c1-9(14)5-3-4-6-11(15)12-7-10(17-2)8-13(16)18-12/h7-9,14H,3-6H2,1-2H3/t9-/m0/s1. The summed E-state index contributed by atoms with van der Waals surface area (Å²) in [6, 6.07) is 2.60. The van der Waals surface area contributed by atoms with Gasteiger partial charge in [-0.05, 0) is 19.8 Å². The Kier molecular flexibility index (Phi) is 5.58. The van der Waals surface area contributed by atoms with E-state index in [4.69, 9.17) is 14.3 Å². The molecule has 0 spiro atoms. The average molecular weight is 254 g/mol. The largest absolute Gasteiger partial charge is 0.496 e. The van der Waals surface area contributed by atoms with Crippen molar-refractivity contribution < 1.29 is 19.1 Å². The molecule has 0 unspecified atom stereocenters. The summed E-state index contributed by atoms with van der Waals surface area (Å²) in [7, 11) is 1.42. The van der Waals surface area contributed by atoms with Crippen molar-refractivity contribution in [3.8, 4) is 5.75 Å². The van der Waals surface area contributed by atoms with Crippen molar-refractivity contribution in [1.29, 1.82) is 0 Å². The number of methoxy groups -OCH3 is 1. The van der Waals surface area contributed by atoms with Gasteiger partial charge >= 0.3 is 5.63 Å². The molecular weight excluding hydrogens is 236 g/mol. The minimum Gasteiger partial charge on any atom is -0.496 e. The first-order valence-corrected chi connectivity index (χ1v) is 5.93. The maximum atomic E-state index is 11.8. The van der Waals surface area contributed by atoms with Crippen LogP contribution in [0.2, 0.25) is 0 Å². The van der Waals surface area contributed by atoms with E-state index in [-0.39, 0.29) is 17.6 Å². The van der Waals surface area contributed by atoms with Crippen LogP contribution in [0.25, 0.3) is 0 Å². The molecule has 100 valence electrons. The third-order valence-electron chi connectivity index (χ3n) is 2.53. The quantitative estimate of drug-likeness (QED) is 0.592. The third kappa shape index (κ3) is 4.71. The van der Waals surface area contributed by atoms with Crippen molar-refractivity contribution in [3.63, 3.8) is 0 Å². The van der Waals surface area contributed by atoms with Crippen LogP contribution < -0.4 is 10.4 Å². The Labute approximate surface area is 105 Å². The lowest BCUT2D eigenvalue weighted by atomic mass is 10.1. The second-order valence-corrected chi connectivity index (χ2v) is 4.20. The first-order valence-electron chi connectivity index (χ1n) is 5.93. The van der Waals surface area contributed by atoms with Crippen LogP contribution in [0.4, 0.5) is 0 Å². The van der Waals surface area contributed by atoms with E-state index in [0.29, 0.717) is 25.0 Å². The minimum atomic E-state index is -0.596. The molecule has 0 fully saturated rings. The topological polar surface area (TPSA) is 76.7 Å². The van der Waals surface area contributed by atoms with Gasteiger partial charge in [-0.25, -0.2) is 4.79 Å². The van der Waals surface area contributed by atoms with Crippen molar-refractivity contribution in [2.75, 3.05) is 7.11 Å². The number of carbonyl (C=O) groups excluding carboxylic acids is 1. The number of unbranched alkanes of at least 4 members (excludes halogenated alkanes) is 1. The predicted octanol–water partition coefficient (Wildman–Crippen LogP) is 1.77. The summed E-state index contributed by atoms with van der Waals surface area (Å²) in [5.74, 6) is 0.117. The maximum absolute atomic E-state index is 11.8. The summed E-state index contributed by atoms with van der Waals surface area (Å²) in [6.45, 7) is 1.71. The molecule has 0 aromatic carbocycles. The molecule has 1 rings (SSSR count). The molecule has 5 heteroatoms. The monoisotopic (exact) mass is 254 g/mol. The highest BCUT2D eigenvalue weighted by atomic mass is 16.5. The number of aliphatic hydroxyl groups excluding tert-OH is 1. The Hall–Kier alpha value is -1.62. The van der Waals surface area contributed by atoms with Gasteiger partial charge < -0.3 is 14.3 Å². The molecule has 0 saturated heterocycles. The van der Waals surface area contributed by atoms with Gasteiger partial charge in [0.15, 0.2) is 11.5 Å². The molecule has 0 radical (unpaired) electrons. The fourth-order valence-electron chi connectivity index (χ4n) is 1.56. The number of hydrogen-bond acceptors (Lipinski definition) is 5. The fraction of sp³-hybridized carbons (Fsp3) is 0.538. The van der Waals surface area contributed by atoms with E-state index >= 15 is 0 Å². The Morgan fingerprint density at radius 3 is 2.78 bits per heavy atom. The molecule has 1 N–H and O–H groups in total. The van der Waals surface area contributed by atoms with Crippen LogP contribution in [-0.2, 0) is 0 Å². The Bertz CT molecular complexity index is 447. The summed E-state index contributed by atoms with van der Waals surface area (Å²) < 4.78 is 9.72. The van der Waals surface area contributed by atoms with Crippen LogP contribution in [0.3, 0.4) is 0 Å². The Morgan fingerprint density at radius 2 is 2.17 bits per heavy atom. The van der Waals surface area contributed by atoms with Crippen molar-refractivity contribution in [1.82, 2.24) is 0 Å². The minimum absolute atomic E-state index is 0.0244. The molecule has 0 amide bonds. The number of Topliss-reactive ketones (excluding diaryl/α,β-unsaturated/α-hetero) is 1. The Morgan fingerprint density at radius 1 is 1.44 bits per heavy atom. The molecule has 1 heterocycles. The molecule has 5 nitrogen and oxygen atoms in total. The zero-order valence-electron chi connectivity index (χ0n) is 10.6. The van der Waals surface area contributed by atoms with E-state index in [1.165, 1.54) is 19.2 Å². The zero-order chi connectivity index (χ0) is 13.5. The van der Waals surface area contributed by atoms with Gasteiger partial charge in [-0.1, -0.05) is 6.42 Å². The second-order valence-electron chi connectivity index (χ2n) is 4.20. The summed E-state index contributed by atoms with van der Waals surface area (Å²) in [6.07, 6.45) is 2.02. The fourth-order valence-corrected chi connectivity index (χ4v) is 1.56. The number of ether oxygens (including phenoxy) is 1. The predicted molar refractivity (Wildman–Crippen MR) is 66.0 cm³/mol. The van der Waals surface area contributed by atoms with Gasteiger partial charge in [-0.2, -0.15) is 0 Å². The molecule has 0 aliphatic heterocycles. The number of rotatable bonds is 7. The average Bonchev–Trinajstić information content (AvgIpc) is 2.33. The molecule has 1 aromatic rings. The lowest BCUT2D eigenvalue weighted by molar-refractivity contribution is 0.0943. The van der Waals surface area contributed by atoms with Crippen LogP contribution in [0.1, 0.15) is 43.2 Å². The van der Waals surface area contributed by atoms with E-state index < -0.39 is 5.63 Å². The van der Waals surface area contributed by atoms with Crippen LogP contribution in [-0.4, -0.2) is 24.1 Å². The maximum Gasteiger partial charge on any atom is 0.340 e. The van der Waals surface area contributed by atoms with Crippen LogP contribution in [0.5, 0.6) is 5.75 Å². The third-order valence-corrected chi connectivity index (χ3v) is 2.53. The molecule has 0 aliphatic carbocycles. The van der Waals surface area contributed by atoms with E-state index in [0.717, 1.165) is 6.42 Å². The smallest absolute Gasteiger partial charge is 0.340 e. The highest BCUT2D eigenvalue weighted by Gasteiger charge is 2.11. The first kappa shape index (κ1) is 14.4. The van der Waals surface area contributed by atoms with E-state index in [1.54, 1.807) is 6.92 Å². The molecule has 1 atom stereocenters. The highest BCUT2D eigenvalue weighted by molar-refractivity contribution is 5.93. The summed E-state index contributed by atoms with van der Waals surface area (Å²) in [5, 5.41) is 9.08. The molecule has 18 heavy (non-hydrogen) atoms. The second kappa shape index (κ2) is 6.96. The van der Waals surface area contributed by atoms with E-state index in [1.807, 2.05) is 0 Å². The van der Waals surface area contributed by atoms with Crippen molar-refractivity contribution in [2.45, 2.75) is 38.7 Å². The Balaban J connectivity index is 2.56. The SMILES string of the molecule is COc1cc(C(=O)CCCC[C@H](C)O)oc(=O)c1. The number of carbonyl (C=O) groups is 1. The van der Waals surface area contributed by atoms with Gasteiger partial charge in [-0.15, -0.1) is 0 Å². The van der Waals surface area contributed by atoms with Gasteiger partial charge in [0.05, 0.1) is 19.3 Å². The summed E-state index contributed by atoms with van der Waals surface area (Å²) >= 11 is 0. The van der Waals surface area contributed by atoms with Crippen molar-refractivity contribution in [2.24, 2.45) is 0 Å². The van der Waals surface area contributed by atoms with Gasteiger partial charge in [0.1, 0.15) is 5.75 Å². The lowest BCUT2D eigenvalue weighted by Crippen LogP contribution is -2.07. The molecule has 0 aliphatic rings. The number of hydrogen-bond donors (Lipinski definition) is 1. The van der Waals surface area contributed by atoms with Crippen molar-refractivity contribution >= 4 is 5.78 Å². The first-order chi connectivity index (χ1) is 8.52. The van der Waals surface area contributed by atoms with Gasteiger partial charge in [-0.3, -0.25) is 4.79 Å². The van der Waals surface area contributed by atoms with Crippen LogP contribution >= 0.6 is 0 Å². The molecule has 1 aromatic heterocycles. The summed E-state index contributed by atoms with van der Waals surface area (Å²) in [4.78, 5) is 22.9. The van der Waals surface area contributed by atoms with Crippen LogP contribution in [0, 0.1) is 0 Å². The number of aliphatic hydroxyl groups is 1. The van der Waals surface area contributed by atoms with Crippen molar-refractivity contribution in [3.05, 3.63) is 28.3 Å². The number of ketones is 1. The highest BCUT2D eigenvalue weighted by Crippen LogP contribution is 2.13. The van der Waals surface area contributed by atoms with E-state index in [2.05, 4.69) is 0 Å². The van der Waals surface area contributed by atoms with Gasteiger partial charge in [0.2, 0.25) is 0 Å².